The molecule has 2 heterocycles. The van der Waals surface area contributed by atoms with Crippen LogP contribution in [0.15, 0.2) is 137 Å². The summed E-state index contributed by atoms with van der Waals surface area (Å²) in [6, 6.07) is 38.4. The Hall–Kier alpha value is -5.38. The van der Waals surface area contributed by atoms with E-state index < -0.39 is 0 Å². The highest BCUT2D eigenvalue weighted by Crippen LogP contribution is 2.27. The van der Waals surface area contributed by atoms with Gasteiger partial charge in [-0.1, -0.05) is 103 Å². The zero-order valence-corrected chi connectivity index (χ0v) is 23.4. The molecular formula is C33H27N7OS. The zero-order chi connectivity index (χ0) is 28.7. The third-order valence-corrected chi connectivity index (χ3v) is 7.55. The van der Waals surface area contributed by atoms with Gasteiger partial charge >= 0.3 is 0 Å². The Morgan fingerprint density at radius 1 is 0.810 bits per heavy atom. The van der Waals surface area contributed by atoms with Crippen molar-refractivity contribution in [2.75, 3.05) is 0 Å². The van der Waals surface area contributed by atoms with E-state index in [4.69, 9.17) is 10.9 Å². The van der Waals surface area contributed by atoms with Gasteiger partial charge in [0.05, 0.1) is 17.6 Å². The van der Waals surface area contributed by atoms with Crippen LogP contribution < -0.4 is 16.1 Å². The minimum Gasteiger partial charge on any atom is -0.306 e. The van der Waals surface area contributed by atoms with Crippen molar-refractivity contribution >= 4 is 23.5 Å². The molecular weight excluding hydrogens is 542 g/mol. The highest BCUT2D eigenvalue weighted by molar-refractivity contribution is 7.07. The van der Waals surface area contributed by atoms with E-state index in [9.17, 15) is 4.79 Å². The SMILES string of the molecule is NNC(=O)Cn1c(-c2ccccc2)cs/c1=N/N=C/c1cn(-c2ccccc2)nc1-c1ccc(-c2ccccc2)cc1. The lowest BCUT2D eigenvalue weighted by Gasteiger charge is -2.07. The van der Waals surface area contributed by atoms with Crippen molar-refractivity contribution in [2.45, 2.75) is 6.54 Å². The summed E-state index contributed by atoms with van der Waals surface area (Å²) >= 11 is 1.40. The van der Waals surface area contributed by atoms with Gasteiger partial charge in [-0.05, 0) is 28.8 Å². The molecule has 0 spiro atoms. The van der Waals surface area contributed by atoms with Crippen LogP contribution in [-0.2, 0) is 11.3 Å². The third-order valence-electron chi connectivity index (χ3n) is 6.70. The first-order chi connectivity index (χ1) is 20.7. The Morgan fingerprint density at radius 3 is 2.07 bits per heavy atom. The van der Waals surface area contributed by atoms with E-state index >= 15 is 0 Å². The Kier molecular flexibility index (Phi) is 7.93. The first-order valence-corrected chi connectivity index (χ1v) is 14.2. The van der Waals surface area contributed by atoms with Crippen molar-refractivity contribution in [1.29, 1.82) is 0 Å². The van der Waals surface area contributed by atoms with Crippen LogP contribution in [0.25, 0.3) is 39.3 Å². The normalized spacial score (nSPS) is 11.7. The lowest BCUT2D eigenvalue weighted by Crippen LogP contribution is -2.35. The number of amides is 1. The van der Waals surface area contributed by atoms with Crippen LogP contribution in [0.1, 0.15) is 5.56 Å². The predicted octanol–water partition coefficient (Wildman–Crippen LogP) is 5.66. The number of nitrogens with two attached hydrogens (primary N) is 1. The van der Waals surface area contributed by atoms with Gasteiger partial charge in [0.2, 0.25) is 4.80 Å². The summed E-state index contributed by atoms with van der Waals surface area (Å²) in [6.07, 6.45) is 3.64. The molecule has 0 saturated heterocycles. The summed E-state index contributed by atoms with van der Waals surface area (Å²) in [5.74, 6) is 5.06. The smallest absolute Gasteiger partial charge is 0.253 e. The standard InChI is InChI=1S/C33H27N7OS/c34-36-31(41)22-39-30(26-12-6-2-7-13-26)23-42-33(39)37-35-20-28-21-40(29-14-8-3-9-15-29)38-32(28)27-18-16-25(17-19-27)24-10-4-1-5-11-24/h1-21,23H,22,34H2,(H,36,41)/b35-20+,37-33+. The highest BCUT2D eigenvalue weighted by Gasteiger charge is 2.13. The van der Waals surface area contributed by atoms with Gasteiger partial charge in [0.1, 0.15) is 12.2 Å². The van der Waals surface area contributed by atoms with Gasteiger partial charge < -0.3 is 4.57 Å². The summed E-state index contributed by atoms with van der Waals surface area (Å²) in [5.41, 5.74) is 9.80. The number of para-hydroxylation sites is 1. The molecule has 42 heavy (non-hydrogen) atoms. The van der Waals surface area contributed by atoms with Crippen LogP contribution in [0.5, 0.6) is 0 Å². The molecule has 0 unspecified atom stereocenters. The molecule has 4 aromatic carbocycles. The summed E-state index contributed by atoms with van der Waals surface area (Å²) in [7, 11) is 0. The van der Waals surface area contributed by atoms with Crippen LogP contribution in [0, 0.1) is 0 Å². The fourth-order valence-corrected chi connectivity index (χ4v) is 5.47. The van der Waals surface area contributed by atoms with E-state index in [1.54, 1.807) is 10.8 Å². The number of aromatic nitrogens is 3. The van der Waals surface area contributed by atoms with Crippen LogP contribution in [0.2, 0.25) is 0 Å². The number of thiazole rings is 1. The molecule has 0 saturated carbocycles. The van der Waals surface area contributed by atoms with Gasteiger partial charge in [-0.15, -0.1) is 16.4 Å². The average molecular weight is 570 g/mol. The molecule has 2 aromatic heterocycles. The number of carbonyl (C=O) groups excluding carboxylic acids is 1. The quantitative estimate of drug-likeness (QED) is 0.107. The maximum Gasteiger partial charge on any atom is 0.253 e. The topological polar surface area (TPSA) is 103 Å². The molecule has 206 valence electrons. The second-order valence-electron chi connectivity index (χ2n) is 9.42. The molecule has 6 rings (SSSR count). The van der Waals surface area contributed by atoms with Crippen LogP contribution in [0.4, 0.5) is 0 Å². The minimum absolute atomic E-state index is 0.0174. The first kappa shape index (κ1) is 26.8. The molecule has 9 heteroatoms. The van der Waals surface area contributed by atoms with Crippen molar-refractivity contribution in [2.24, 2.45) is 16.0 Å². The largest absolute Gasteiger partial charge is 0.306 e. The summed E-state index contributed by atoms with van der Waals surface area (Å²) < 4.78 is 3.64. The average Bonchev–Trinajstić information content (AvgIpc) is 3.67. The molecule has 0 fully saturated rings. The van der Waals surface area contributed by atoms with Gasteiger partial charge in [-0.2, -0.15) is 10.2 Å². The Labute approximate surface area is 246 Å². The van der Waals surface area contributed by atoms with Crippen molar-refractivity contribution in [3.8, 4) is 39.3 Å². The molecule has 0 aliphatic carbocycles. The zero-order valence-electron chi connectivity index (χ0n) is 22.5. The molecule has 0 aliphatic heterocycles. The number of carbonyl (C=O) groups is 1. The minimum atomic E-state index is -0.332. The van der Waals surface area contributed by atoms with E-state index in [-0.39, 0.29) is 12.5 Å². The second kappa shape index (κ2) is 12.4. The van der Waals surface area contributed by atoms with Crippen LogP contribution in [-0.4, -0.2) is 26.5 Å². The third kappa shape index (κ3) is 5.87. The molecule has 3 N–H and O–H groups in total. The van der Waals surface area contributed by atoms with E-state index in [0.29, 0.717) is 4.80 Å². The number of benzene rings is 4. The molecule has 6 aromatic rings. The van der Waals surface area contributed by atoms with Gasteiger partial charge in [-0.25, -0.2) is 10.5 Å². The van der Waals surface area contributed by atoms with Crippen molar-refractivity contribution < 1.29 is 4.79 Å². The van der Waals surface area contributed by atoms with Crippen molar-refractivity contribution in [3.05, 3.63) is 137 Å². The van der Waals surface area contributed by atoms with Crippen molar-refractivity contribution in [3.63, 3.8) is 0 Å². The monoisotopic (exact) mass is 569 g/mol. The molecule has 8 nitrogen and oxygen atoms in total. The number of nitrogens with one attached hydrogen (secondary N) is 1. The van der Waals surface area contributed by atoms with Crippen molar-refractivity contribution in [1.82, 2.24) is 19.8 Å². The number of rotatable bonds is 8. The Bertz CT molecular complexity index is 1890. The lowest BCUT2D eigenvalue weighted by molar-refractivity contribution is -0.121. The van der Waals surface area contributed by atoms with E-state index in [1.807, 2.05) is 95.1 Å². The highest BCUT2D eigenvalue weighted by atomic mass is 32.1. The first-order valence-electron chi connectivity index (χ1n) is 13.3. The maximum atomic E-state index is 12.2. The number of nitrogens with zero attached hydrogens (tertiary/aromatic N) is 5. The second-order valence-corrected chi connectivity index (χ2v) is 10.3. The number of hydrogen-bond donors (Lipinski definition) is 2. The van der Waals surface area contributed by atoms with E-state index in [1.165, 1.54) is 11.3 Å². The Morgan fingerprint density at radius 2 is 1.40 bits per heavy atom. The molecule has 1 amide bonds. The van der Waals surface area contributed by atoms with Crippen LogP contribution in [0.3, 0.4) is 0 Å². The fraction of sp³-hybridized carbons (Fsp3) is 0.0303. The predicted molar refractivity (Wildman–Crippen MR) is 168 cm³/mol. The summed E-state index contributed by atoms with van der Waals surface area (Å²) in [6.45, 7) is 0.0174. The van der Waals surface area contributed by atoms with E-state index in [2.05, 4.69) is 52.0 Å². The van der Waals surface area contributed by atoms with Gasteiger partial charge in [0.25, 0.3) is 5.91 Å². The van der Waals surface area contributed by atoms with Gasteiger partial charge in [0.15, 0.2) is 0 Å². The number of hydrogen-bond acceptors (Lipinski definition) is 6. The maximum absolute atomic E-state index is 12.2. The molecule has 0 radical (unpaired) electrons. The summed E-state index contributed by atoms with van der Waals surface area (Å²) in [4.78, 5) is 12.8. The number of hydrazine groups is 1. The van der Waals surface area contributed by atoms with Gasteiger partial charge in [0, 0.05) is 22.7 Å². The molecule has 0 atom stereocenters. The fourth-order valence-electron chi connectivity index (χ4n) is 4.60. The Balaban J connectivity index is 1.38. The summed E-state index contributed by atoms with van der Waals surface area (Å²) in [5, 5.41) is 15.8. The van der Waals surface area contributed by atoms with Crippen LogP contribution >= 0.6 is 11.3 Å². The lowest BCUT2D eigenvalue weighted by atomic mass is 10.0. The molecule has 0 bridgehead atoms. The molecule has 0 aliphatic rings. The van der Waals surface area contributed by atoms with E-state index in [0.717, 1.165) is 44.9 Å². The van der Waals surface area contributed by atoms with Gasteiger partial charge in [-0.3, -0.25) is 10.2 Å².